The van der Waals surface area contributed by atoms with E-state index in [1.165, 1.54) is 6.07 Å². The zero-order valence-electron chi connectivity index (χ0n) is 9.94. The number of hydrogen-bond donors (Lipinski definition) is 2. The Morgan fingerprint density at radius 1 is 1.47 bits per heavy atom. The Morgan fingerprint density at radius 2 is 2.06 bits per heavy atom. The van der Waals surface area contributed by atoms with Crippen LogP contribution >= 0.6 is 0 Å². The van der Waals surface area contributed by atoms with E-state index in [2.05, 4.69) is 0 Å². The van der Waals surface area contributed by atoms with Crippen molar-refractivity contribution in [1.82, 2.24) is 0 Å². The highest BCUT2D eigenvalue weighted by Gasteiger charge is 2.21. The van der Waals surface area contributed by atoms with Gasteiger partial charge in [0.25, 0.3) is 0 Å². The lowest BCUT2D eigenvalue weighted by molar-refractivity contribution is 0.00668. The van der Waals surface area contributed by atoms with Crippen molar-refractivity contribution in [2.75, 3.05) is 5.73 Å². The Morgan fingerprint density at radius 3 is 2.53 bits per heavy atom. The third-order valence-electron chi connectivity index (χ3n) is 1.91. The van der Waals surface area contributed by atoms with Crippen LogP contribution in [0.15, 0.2) is 12.1 Å². The predicted molar refractivity (Wildman–Crippen MR) is 62.4 cm³/mol. The molecule has 0 aliphatic carbocycles. The number of phenols is 1. The van der Waals surface area contributed by atoms with E-state index >= 15 is 0 Å². The molecule has 1 aromatic carbocycles. The maximum Gasteiger partial charge on any atom is 0.342 e. The van der Waals surface area contributed by atoms with E-state index in [0.29, 0.717) is 0 Å². The molecule has 17 heavy (non-hydrogen) atoms. The first-order chi connectivity index (χ1) is 7.74. The molecule has 0 atom stereocenters. The number of esters is 1. The second-order valence-electron chi connectivity index (χ2n) is 4.57. The lowest BCUT2D eigenvalue weighted by Crippen LogP contribution is -2.24. The molecule has 0 saturated carbocycles. The fraction of sp³-hybridized carbons (Fsp3) is 0.333. The number of rotatable bonds is 1. The van der Waals surface area contributed by atoms with Crippen molar-refractivity contribution in [1.29, 1.82) is 5.26 Å². The van der Waals surface area contributed by atoms with Crippen LogP contribution in [0.2, 0.25) is 0 Å². The maximum absolute atomic E-state index is 11.7. The van der Waals surface area contributed by atoms with Crippen LogP contribution in [-0.4, -0.2) is 16.7 Å². The molecule has 3 N–H and O–H groups in total. The number of ether oxygens (including phenoxy) is 1. The van der Waals surface area contributed by atoms with Gasteiger partial charge in [0.15, 0.2) is 0 Å². The number of carbonyl (C=O) groups excluding carboxylic acids is 1. The second-order valence-corrected chi connectivity index (χ2v) is 4.57. The molecule has 0 aliphatic rings. The molecule has 0 bridgehead atoms. The van der Waals surface area contributed by atoms with Gasteiger partial charge in [-0.3, -0.25) is 0 Å². The molecule has 0 aliphatic heterocycles. The summed E-state index contributed by atoms with van der Waals surface area (Å²) in [6.45, 7) is 5.14. The normalized spacial score (nSPS) is 10.7. The topological polar surface area (TPSA) is 96.3 Å². The second kappa shape index (κ2) is 4.34. The lowest BCUT2D eigenvalue weighted by Gasteiger charge is -2.20. The Hall–Kier alpha value is -2.22. The Labute approximate surface area is 99.4 Å². The van der Waals surface area contributed by atoms with Crippen LogP contribution in [0, 0.1) is 11.3 Å². The van der Waals surface area contributed by atoms with E-state index in [1.54, 1.807) is 20.8 Å². The first-order valence-corrected chi connectivity index (χ1v) is 5.00. The van der Waals surface area contributed by atoms with Crippen molar-refractivity contribution >= 4 is 11.7 Å². The number of hydrogen-bond acceptors (Lipinski definition) is 5. The highest BCUT2D eigenvalue weighted by atomic mass is 16.6. The van der Waals surface area contributed by atoms with Gasteiger partial charge >= 0.3 is 5.97 Å². The minimum Gasteiger partial charge on any atom is -0.507 e. The van der Waals surface area contributed by atoms with Crippen molar-refractivity contribution in [2.45, 2.75) is 26.4 Å². The first kappa shape index (κ1) is 12.8. The highest BCUT2D eigenvalue weighted by Crippen LogP contribution is 2.26. The molecule has 5 nitrogen and oxygen atoms in total. The smallest absolute Gasteiger partial charge is 0.342 e. The number of benzene rings is 1. The van der Waals surface area contributed by atoms with Gasteiger partial charge in [0, 0.05) is 6.07 Å². The molecule has 1 aromatic rings. The van der Waals surface area contributed by atoms with Gasteiger partial charge in [-0.1, -0.05) is 0 Å². The monoisotopic (exact) mass is 234 g/mol. The lowest BCUT2D eigenvalue weighted by atomic mass is 10.1. The van der Waals surface area contributed by atoms with Crippen molar-refractivity contribution in [3.8, 4) is 11.8 Å². The van der Waals surface area contributed by atoms with E-state index in [9.17, 15) is 9.90 Å². The molecule has 0 amide bonds. The van der Waals surface area contributed by atoms with Crippen LogP contribution in [0.3, 0.4) is 0 Å². The Balaban J connectivity index is 3.15. The minimum absolute atomic E-state index is 0.0642. The van der Waals surface area contributed by atoms with Crippen molar-refractivity contribution in [3.63, 3.8) is 0 Å². The number of anilines is 1. The van der Waals surface area contributed by atoms with Crippen LogP contribution in [0.4, 0.5) is 5.69 Å². The van der Waals surface area contributed by atoms with Crippen LogP contribution in [0.5, 0.6) is 5.75 Å². The molecule has 90 valence electrons. The fourth-order valence-corrected chi connectivity index (χ4v) is 1.20. The summed E-state index contributed by atoms with van der Waals surface area (Å²) in [6, 6.07) is 4.22. The van der Waals surface area contributed by atoms with Gasteiger partial charge in [-0.05, 0) is 26.8 Å². The van der Waals surface area contributed by atoms with Crippen LogP contribution in [0.1, 0.15) is 36.7 Å². The molecule has 0 fully saturated rings. The van der Waals surface area contributed by atoms with E-state index < -0.39 is 11.6 Å². The summed E-state index contributed by atoms with van der Waals surface area (Å²) in [5.74, 6) is -0.984. The number of nitrogen functional groups attached to an aromatic ring is 1. The summed E-state index contributed by atoms with van der Waals surface area (Å²) in [5, 5.41) is 18.4. The van der Waals surface area contributed by atoms with Gasteiger partial charge in [-0.25, -0.2) is 4.79 Å². The molecule has 0 aromatic heterocycles. The van der Waals surface area contributed by atoms with Crippen molar-refractivity contribution in [3.05, 3.63) is 23.3 Å². The predicted octanol–water partition coefficient (Wildman–Crippen LogP) is 1.80. The molecule has 5 heteroatoms. The molecular formula is C12H14N2O3. The molecule has 0 saturated heterocycles. The van der Waals surface area contributed by atoms with Crippen molar-refractivity contribution in [2.24, 2.45) is 0 Å². The minimum atomic E-state index is -0.688. The number of nitrogens with two attached hydrogens (primary N) is 1. The first-order valence-electron chi connectivity index (χ1n) is 5.00. The van der Waals surface area contributed by atoms with Crippen LogP contribution in [0.25, 0.3) is 0 Å². The third kappa shape index (κ3) is 3.11. The van der Waals surface area contributed by atoms with Gasteiger partial charge in [-0.2, -0.15) is 5.26 Å². The number of carbonyl (C=O) groups is 1. The number of phenolic OH excluding ortho intramolecular Hbond substituents is 1. The summed E-state index contributed by atoms with van der Waals surface area (Å²) in [7, 11) is 0. The van der Waals surface area contributed by atoms with E-state index in [4.69, 9.17) is 15.7 Å². The maximum atomic E-state index is 11.7. The zero-order chi connectivity index (χ0) is 13.2. The van der Waals surface area contributed by atoms with Gasteiger partial charge in [-0.15, -0.1) is 0 Å². The van der Waals surface area contributed by atoms with E-state index in [-0.39, 0.29) is 22.6 Å². The van der Waals surface area contributed by atoms with Crippen LogP contribution in [-0.2, 0) is 4.74 Å². The number of aromatic hydroxyl groups is 1. The summed E-state index contributed by atoms with van der Waals surface area (Å²) < 4.78 is 5.09. The number of nitrogens with zero attached hydrogens (tertiary/aromatic N) is 1. The van der Waals surface area contributed by atoms with Crippen LogP contribution < -0.4 is 5.73 Å². The van der Waals surface area contributed by atoms with Gasteiger partial charge in [0.1, 0.15) is 23.0 Å². The standard InChI is InChI=1S/C12H14N2O3/c1-12(2,3)17-11(16)8-4-7(6-13)9(14)5-10(8)15/h4-5,15H,14H2,1-3H3. The molecule has 0 heterocycles. The quantitative estimate of drug-likeness (QED) is 0.570. The number of nitriles is 1. The SMILES string of the molecule is CC(C)(C)OC(=O)c1cc(C#N)c(N)cc1O. The molecule has 1 rings (SSSR count). The summed E-state index contributed by atoms with van der Waals surface area (Å²) in [4.78, 5) is 11.7. The molecule has 0 radical (unpaired) electrons. The summed E-state index contributed by atoms with van der Waals surface area (Å²) in [6.07, 6.45) is 0. The Bertz CT molecular complexity index is 496. The highest BCUT2D eigenvalue weighted by molar-refractivity contribution is 5.94. The molecule has 0 spiro atoms. The third-order valence-corrected chi connectivity index (χ3v) is 1.91. The fourth-order valence-electron chi connectivity index (χ4n) is 1.20. The zero-order valence-corrected chi connectivity index (χ0v) is 9.94. The van der Waals surface area contributed by atoms with Gasteiger partial charge in [0.05, 0.1) is 11.3 Å². The van der Waals surface area contributed by atoms with Gasteiger partial charge in [0.2, 0.25) is 0 Å². The average molecular weight is 234 g/mol. The summed E-state index contributed by atoms with van der Waals surface area (Å²) >= 11 is 0. The largest absolute Gasteiger partial charge is 0.507 e. The molecule has 0 unspecified atom stereocenters. The van der Waals surface area contributed by atoms with Crippen molar-refractivity contribution < 1.29 is 14.6 Å². The molecular weight excluding hydrogens is 220 g/mol. The van der Waals surface area contributed by atoms with E-state index in [1.807, 2.05) is 6.07 Å². The average Bonchev–Trinajstić information content (AvgIpc) is 2.14. The van der Waals surface area contributed by atoms with Gasteiger partial charge < -0.3 is 15.6 Å². The summed E-state index contributed by atoms with van der Waals surface area (Å²) in [5.41, 5.74) is 5.01. The Kier molecular flexibility index (Phi) is 3.28. The van der Waals surface area contributed by atoms with E-state index in [0.717, 1.165) is 6.07 Å².